The van der Waals surface area contributed by atoms with Crippen molar-refractivity contribution >= 4 is 6.09 Å². The predicted octanol–water partition coefficient (Wildman–Crippen LogP) is 0.306. The Kier molecular flexibility index (Phi) is 2.81. The standard InChI is InChI=1S/C8H11N3O2/c1-5-6(4-9)2-3-7(11-5)13-8(10)12/h2-3H,4,9H2,1H3,(H2,10,12). The van der Waals surface area contributed by atoms with E-state index in [-0.39, 0.29) is 5.88 Å². The molecule has 70 valence electrons. The van der Waals surface area contributed by atoms with Crippen LogP contribution in [0.2, 0.25) is 0 Å². The first-order valence-electron chi connectivity index (χ1n) is 3.77. The second-order valence-electron chi connectivity index (χ2n) is 2.52. The monoisotopic (exact) mass is 181 g/mol. The number of rotatable bonds is 2. The van der Waals surface area contributed by atoms with Crippen LogP contribution in [0.15, 0.2) is 12.1 Å². The van der Waals surface area contributed by atoms with Gasteiger partial charge in [0.15, 0.2) is 0 Å². The number of hydrogen-bond acceptors (Lipinski definition) is 4. The average molecular weight is 181 g/mol. The third-order valence-corrected chi connectivity index (χ3v) is 1.59. The Morgan fingerprint density at radius 1 is 1.62 bits per heavy atom. The van der Waals surface area contributed by atoms with Crippen molar-refractivity contribution in [1.82, 2.24) is 4.98 Å². The Morgan fingerprint density at radius 2 is 2.31 bits per heavy atom. The van der Waals surface area contributed by atoms with Crippen molar-refractivity contribution in [2.24, 2.45) is 11.5 Å². The highest BCUT2D eigenvalue weighted by molar-refractivity contribution is 5.67. The number of aromatic nitrogens is 1. The van der Waals surface area contributed by atoms with Crippen LogP contribution in [0.5, 0.6) is 5.88 Å². The summed E-state index contributed by atoms with van der Waals surface area (Å²) < 4.78 is 4.58. The molecule has 0 aromatic carbocycles. The maximum absolute atomic E-state index is 10.4. The average Bonchev–Trinajstić information content (AvgIpc) is 2.03. The molecule has 0 spiro atoms. The second-order valence-corrected chi connectivity index (χ2v) is 2.52. The van der Waals surface area contributed by atoms with Gasteiger partial charge >= 0.3 is 6.09 Å². The zero-order valence-corrected chi connectivity index (χ0v) is 7.28. The molecule has 0 aliphatic heterocycles. The summed E-state index contributed by atoms with van der Waals surface area (Å²) in [5, 5.41) is 0. The van der Waals surface area contributed by atoms with Crippen molar-refractivity contribution in [1.29, 1.82) is 0 Å². The number of primary amides is 1. The molecule has 0 fully saturated rings. The van der Waals surface area contributed by atoms with Gasteiger partial charge in [0.05, 0.1) is 0 Å². The first kappa shape index (κ1) is 9.47. The molecule has 5 nitrogen and oxygen atoms in total. The first-order chi connectivity index (χ1) is 6.13. The maximum Gasteiger partial charge on any atom is 0.411 e. The van der Waals surface area contributed by atoms with Crippen molar-refractivity contribution in [2.45, 2.75) is 13.5 Å². The normalized spacial score (nSPS) is 9.69. The summed E-state index contributed by atoms with van der Waals surface area (Å²) in [5.74, 6) is 0.196. The highest BCUT2D eigenvalue weighted by atomic mass is 16.6. The molecule has 0 aliphatic carbocycles. The van der Waals surface area contributed by atoms with E-state index >= 15 is 0 Å². The molecule has 0 radical (unpaired) electrons. The summed E-state index contributed by atoms with van der Waals surface area (Å²) in [7, 11) is 0. The van der Waals surface area contributed by atoms with Crippen molar-refractivity contribution in [3.63, 3.8) is 0 Å². The van der Waals surface area contributed by atoms with E-state index in [0.29, 0.717) is 6.54 Å². The minimum absolute atomic E-state index is 0.196. The molecule has 0 aliphatic rings. The van der Waals surface area contributed by atoms with E-state index < -0.39 is 6.09 Å². The molecule has 13 heavy (non-hydrogen) atoms. The fourth-order valence-corrected chi connectivity index (χ4v) is 0.942. The third-order valence-electron chi connectivity index (χ3n) is 1.59. The lowest BCUT2D eigenvalue weighted by Gasteiger charge is -2.04. The minimum Gasteiger partial charge on any atom is -0.391 e. The fraction of sp³-hybridized carbons (Fsp3) is 0.250. The Morgan fingerprint density at radius 3 is 2.77 bits per heavy atom. The van der Waals surface area contributed by atoms with E-state index in [0.717, 1.165) is 11.3 Å². The van der Waals surface area contributed by atoms with Gasteiger partial charge < -0.3 is 16.2 Å². The van der Waals surface area contributed by atoms with Gasteiger partial charge in [0.2, 0.25) is 5.88 Å². The van der Waals surface area contributed by atoms with E-state index in [1.165, 1.54) is 0 Å². The zero-order valence-electron chi connectivity index (χ0n) is 7.28. The SMILES string of the molecule is Cc1nc(OC(N)=O)ccc1CN. The van der Waals surface area contributed by atoms with Crippen LogP contribution >= 0.6 is 0 Å². The maximum atomic E-state index is 10.4. The van der Waals surface area contributed by atoms with E-state index in [4.69, 9.17) is 11.5 Å². The Hall–Kier alpha value is -1.62. The van der Waals surface area contributed by atoms with Crippen LogP contribution in [0.4, 0.5) is 4.79 Å². The fourth-order valence-electron chi connectivity index (χ4n) is 0.942. The second kappa shape index (κ2) is 3.86. The number of nitrogens with zero attached hydrogens (tertiary/aromatic N) is 1. The molecule has 1 amide bonds. The van der Waals surface area contributed by atoms with Crippen molar-refractivity contribution in [3.05, 3.63) is 23.4 Å². The van der Waals surface area contributed by atoms with Gasteiger partial charge in [-0.15, -0.1) is 0 Å². The minimum atomic E-state index is -0.868. The molecular formula is C8H11N3O2. The number of aryl methyl sites for hydroxylation is 1. The summed E-state index contributed by atoms with van der Waals surface area (Å²) in [6, 6.07) is 3.31. The molecular weight excluding hydrogens is 170 g/mol. The number of ether oxygens (including phenoxy) is 1. The molecule has 1 aromatic rings. The van der Waals surface area contributed by atoms with Gasteiger partial charge in [0, 0.05) is 18.3 Å². The molecule has 5 heteroatoms. The molecule has 0 atom stereocenters. The highest BCUT2D eigenvalue weighted by Crippen LogP contribution is 2.11. The van der Waals surface area contributed by atoms with Crippen LogP contribution in [0.25, 0.3) is 0 Å². The summed E-state index contributed by atoms with van der Waals surface area (Å²) in [4.78, 5) is 14.4. The van der Waals surface area contributed by atoms with Crippen LogP contribution < -0.4 is 16.2 Å². The van der Waals surface area contributed by atoms with Gasteiger partial charge in [-0.3, -0.25) is 0 Å². The summed E-state index contributed by atoms with van der Waals surface area (Å²) in [5.41, 5.74) is 11.9. The van der Waals surface area contributed by atoms with Gasteiger partial charge in [-0.05, 0) is 12.5 Å². The summed E-state index contributed by atoms with van der Waals surface area (Å²) in [6.07, 6.45) is -0.868. The topological polar surface area (TPSA) is 91.2 Å². The van der Waals surface area contributed by atoms with Crippen LogP contribution in [-0.2, 0) is 6.54 Å². The zero-order chi connectivity index (χ0) is 9.84. The number of carbonyl (C=O) groups excluding carboxylic acids is 1. The molecule has 1 rings (SSSR count). The van der Waals surface area contributed by atoms with Crippen LogP contribution in [0, 0.1) is 6.92 Å². The van der Waals surface area contributed by atoms with Crippen molar-refractivity contribution < 1.29 is 9.53 Å². The Bertz CT molecular complexity index is 325. The van der Waals surface area contributed by atoms with Crippen LogP contribution in [0.3, 0.4) is 0 Å². The van der Waals surface area contributed by atoms with Gasteiger partial charge in [0.25, 0.3) is 0 Å². The number of carbonyl (C=O) groups is 1. The van der Waals surface area contributed by atoms with Crippen LogP contribution in [0.1, 0.15) is 11.3 Å². The summed E-state index contributed by atoms with van der Waals surface area (Å²) in [6.45, 7) is 2.20. The third kappa shape index (κ3) is 2.41. The lowest BCUT2D eigenvalue weighted by molar-refractivity contribution is 0.209. The quantitative estimate of drug-likeness (QED) is 0.686. The number of hydrogen-bond donors (Lipinski definition) is 2. The van der Waals surface area contributed by atoms with E-state index in [9.17, 15) is 4.79 Å². The van der Waals surface area contributed by atoms with Crippen LogP contribution in [-0.4, -0.2) is 11.1 Å². The molecule has 0 saturated heterocycles. The number of nitrogens with two attached hydrogens (primary N) is 2. The number of amides is 1. The predicted molar refractivity (Wildman–Crippen MR) is 47.1 cm³/mol. The van der Waals surface area contributed by atoms with Gasteiger partial charge in [-0.1, -0.05) is 6.07 Å². The van der Waals surface area contributed by atoms with E-state index in [1.54, 1.807) is 19.1 Å². The smallest absolute Gasteiger partial charge is 0.391 e. The van der Waals surface area contributed by atoms with Crippen molar-refractivity contribution in [3.8, 4) is 5.88 Å². The molecule has 0 saturated carbocycles. The summed E-state index contributed by atoms with van der Waals surface area (Å²) >= 11 is 0. The highest BCUT2D eigenvalue weighted by Gasteiger charge is 2.03. The lowest BCUT2D eigenvalue weighted by atomic mass is 10.2. The molecule has 4 N–H and O–H groups in total. The Balaban J connectivity index is 2.89. The van der Waals surface area contributed by atoms with Crippen molar-refractivity contribution in [2.75, 3.05) is 0 Å². The molecule has 1 heterocycles. The Labute approximate surface area is 75.7 Å². The van der Waals surface area contributed by atoms with E-state index in [1.807, 2.05) is 0 Å². The van der Waals surface area contributed by atoms with Gasteiger partial charge in [-0.25, -0.2) is 9.78 Å². The van der Waals surface area contributed by atoms with E-state index in [2.05, 4.69) is 9.72 Å². The number of pyridine rings is 1. The molecule has 0 bridgehead atoms. The van der Waals surface area contributed by atoms with Gasteiger partial charge in [0.1, 0.15) is 0 Å². The lowest BCUT2D eigenvalue weighted by Crippen LogP contribution is -2.17. The largest absolute Gasteiger partial charge is 0.411 e. The first-order valence-corrected chi connectivity index (χ1v) is 3.77. The molecule has 1 aromatic heterocycles. The van der Waals surface area contributed by atoms with Gasteiger partial charge in [-0.2, -0.15) is 0 Å². The molecule has 0 unspecified atom stereocenters.